The number of hydrogen-bond donors (Lipinski definition) is 1. The van der Waals surface area contributed by atoms with E-state index >= 15 is 0 Å². The number of halogens is 1. The molecule has 0 saturated heterocycles. The molecule has 0 amide bonds. The van der Waals surface area contributed by atoms with Gasteiger partial charge in [-0.2, -0.15) is 0 Å². The zero-order chi connectivity index (χ0) is 14.7. The highest BCUT2D eigenvalue weighted by Crippen LogP contribution is 2.32. The molecule has 0 aliphatic rings. The predicted octanol–water partition coefficient (Wildman–Crippen LogP) is 3.76. The summed E-state index contributed by atoms with van der Waals surface area (Å²) in [5, 5.41) is 3.71. The van der Waals surface area contributed by atoms with Gasteiger partial charge in [-0.15, -0.1) is 0 Å². The van der Waals surface area contributed by atoms with E-state index in [0.29, 0.717) is 5.56 Å². The van der Waals surface area contributed by atoms with E-state index in [1.165, 1.54) is 17.4 Å². The Labute approximate surface area is 124 Å². The number of anilines is 1. The molecule has 20 heavy (non-hydrogen) atoms. The first kappa shape index (κ1) is 15.1. The molecule has 0 aliphatic carbocycles. The minimum absolute atomic E-state index is 0.178. The summed E-state index contributed by atoms with van der Waals surface area (Å²) in [5.41, 5.74) is 1.30. The van der Waals surface area contributed by atoms with Gasteiger partial charge in [0.25, 0.3) is 0 Å². The first-order chi connectivity index (χ1) is 9.52. The van der Waals surface area contributed by atoms with Crippen molar-refractivity contribution in [2.75, 3.05) is 12.4 Å². The monoisotopic (exact) mass is 312 g/mol. The summed E-state index contributed by atoms with van der Waals surface area (Å²) in [7, 11) is 0.503. The van der Waals surface area contributed by atoms with Crippen LogP contribution in [0.25, 0.3) is 0 Å². The van der Waals surface area contributed by atoms with Crippen LogP contribution in [-0.4, -0.2) is 16.2 Å². The lowest BCUT2D eigenvalue weighted by Gasteiger charge is -2.06. The van der Waals surface area contributed by atoms with Crippen molar-refractivity contribution >= 4 is 27.3 Å². The van der Waals surface area contributed by atoms with Crippen molar-refractivity contribution in [1.29, 1.82) is 0 Å². The lowest BCUT2D eigenvalue weighted by molar-refractivity contribution is 0.615. The Balaban J connectivity index is 2.29. The van der Waals surface area contributed by atoms with Crippen molar-refractivity contribution in [3.8, 4) is 0 Å². The molecule has 1 N–H and O–H groups in total. The molecule has 0 saturated carbocycles. The minimum atomic E-state index is -1.28. The summed E-state index contributed by atoms with van der Waals surface area (Å²) < 4.78 is 26.9. The molecule has 0 radical (unpaired) electrons. The molecule has 1 atom stereocenters. The largest absolute Gasteiger partial charge is 0.365 e. The van der Waals surface area contributed by atoms with E-state index in [-0.39, 0.29) is 17.5 Å². The highest BCUT2D eigenvalue weighted by Gasteiger charge is 2.20. The second-order valence-corrected chi connectivity index (χ2v) is 7.32. The highest BCUT2D eigenvalue weighted by molar-refractivity contribution is 7.86. The molecule has 3 nitrogen and oxygen atoms in total. The van der Waals surface area contributed by atoms with Gasteiger partial charge in [-0.1, -0.05) is 43.4 Å². The first-order valence-corrected chi connectivity index (χ1v) is 8.46. The number of benzene rings is 1. The van der Waals surface area contributed by atoms with Crippen molar-refractivity contribution < 1.29 is 8.60 Å². The van der Waals surface area contributed by atoms with Gasteiger partial charge in [-0.3, -0.25) is 4.21 Å². The topological polar surface area (TPSA) is 42.0 Å². The molecule has 0 aliphatic heterocycles. The molecule has 2 aromatic rings. The van der Waals surface area contributed by atoms with Crippen LogP contribution in [0.5, 0.6) is 0 Å². The average Bonchev–Trinajstić information content (AvgIpc) is 2.86. The third kappa shape index (κ3) is 3.24. The molecular formula is C14H17FN2OS2. The maximum Gasteiger partial charge on any atom is 0.183 e. The fourth-order valence-electron chi connectivity index (χ4n) is 1.78. The Bertz CT molecular complexity index is 625. The van der Waals surface area contributed by atoms with Gasteiger partial charge in [0.15, 0.2) is 5.13 Å². The van der Waals surface area contributed by atoms with E-state index in [4.69, 9.17) is 0 Å². The maximum atomic E-state index is 13.6. The van der Waals surface area contributed by atoms with E-state index in [2.05, 4.69) is 10.3 Å². The van der Waals surface area contributed by atoms with Crippen LogP contribution in [0.2, 0.25) is 0 Å². The molecule has 108 valence electrons. The van der Waals surface area contributed by atoms with Gasteiger partial charge in [0.05, 0.1) is 22.2 Å². The molecule has 0 spiro atoms. The van der Waals surface area contributed by atoms with Gasteiger partial charge in [-0.05, 0) is 12.0 Å². The fourth-order valence-corrected chi connectivity index (χ4v) is 4.53. The third-order valence-corrected chi connectivity index (χ3v) is 5.72. The van der Waals surface area contributed by atoms with E-state index in [1.54, 1.807) is 25.2 Å². The Morgan fingerprint density at radius 1 is 1.40 bits per heavy atom. The summed E-state index contributed by atoms with van der Waals surface area (Å²) >= 11 is 1.38. The molecule has 1 heterocycles. The number of rotatable bonds is 5. The van der Waals surface area contributed by atoms with E-state index in [9.17, 15) is 8.60 Å². The van der Waals surface area contributed by atoms with Crippen LogP contribution in [0, 0.1) is 5.82 Å². The van der Waals surface area contributed by atoms with E-state index in [1.807, 2.05) is 13.8 Å². The normalized spacial score (nSPS) is 12.7. The number of nitrogens with one attached hydrogen (secondary N) is 1. The summed E-state index contributed by atoms with van der Waals surface area (Å²) in [5.74, 6) is 0.0517. The average molecular weight is 312 g/mol. The van der Waals surface area contributed by atoms with Crippen LogP contribution >= 0.6 is 11.3 Å². The lowest BCUT2D eigenvalue weighted by atomic mass is 10.2. The first-order valence-electron chi connectivity index (χ1n) is 6.33. The van der Waals surface area contributed by atoms with Gasteiger partial charge in [0.2, 0.25) is 0 Å². The van der Waals surface area contributed by atoms with Crippen LogP contribution in [-0.2, 0) is 16.6 Å². The number of nitrogens with zero attached hydrogens (tertiary/aromatic N) is 1. The summed E-state index contributed by atoms with van der Waals surface area (Å²) in [6.45, 7) is 4.02. The lowest BCUT2D eigenvalue weighted by Crippen LogP contribution is -2.01. The molecule has 2 rings (SSSR count). The predicted molar refractivity (Wildman–Crippen MR) is 82.3 cm³/mol. The maximum absolute atomic E-state index is 13.6. The smallest absolute Gasteiger partial charge is 0.183 e. The van der Waals surface area contributed by atoms with Gasteiger partial charge < -0.3 is 5.32 Å². The van der Waals surface area contributed by atoms with Crippen LogP contribution in [0.1, 0.15) is 31.0 Å². The van der Waals surface area contributed by atoms with Gasteiger partial charge in [-0.25, -0.2) is 9.37 Å². The van der Waals surface area contributed by atoms with Crippen LogP contribution < -0.4 is 5.32 Å². The summed E-state index contributed by atoms with van der Waals surface area (Å²) in [6, 6.07) is 6.45. The molecule has 1 unspecified atom stereocenters. The van der Waals surface area contributed by atoms with Gasteiger partial charge in [0, 0.05) is 12.6 Å². The Hall–Kier alpha value is -1.27. The molecule has 1 aromatic carbocycles. The zero-order valence-electron chi connectivity index (χ0n) is 11.6. The molecule has 0 fully saturated rings. The SMILES string of the molecule is CNc1nc(C(C)C)c(S(=O)Cc2ccccc2F)s1. The van der Waals surface area contributed by atoms with Crippen molar-refractivity contribution in [2.45, 2.75) is 29.7 Å². The van der Waals surface area contributed by atoms with Crippen molar-refractivity contribution in [3.05, 3.63) is 41.3 Å². The Kier molecular flexibility index (Phi) is 4.88. The van der Waals surface area contributed by atoms with Gasteiger partial charge >= 0.3 is 0 Å². The van der Waals surface area contributed by atoms with Crippen molar-refractivity contribution in [1.82, 2.24) is 4.98 Å². The molecular weight excluding hydrogens is 295 g/mol. The standard InChI is InChI=1S/C14H17FN2OS2/c1-9(2)12-13(19-14(16-3)17-12)20(18)8-10-6-4-5-7-11(10)15/h4-7,9H,8H2,1-3H3,(H,16,17). The number of hydrogen-bond acceptors (Lipinski definition) is 4. The quantitative estimate of drug-likeness (QED) is 0.914. The van der Waals surface area contributed by atoms with E-state index < -0.39 is 10.8 Å². The van der Waals surface area contributed by atoms with Crippen molar-refractivity contribution in [2.24, 2.45) is 0 Å². The van der Waals surface area contributed by atoms with E-state index in [0.717, 1.165) is 15.0 Å². The molecule has 6 heteroatoms. The number of thiazole rings is 1. The fraction of sp³-hybridized carbons (Fsp3) is 0.357. The van der Waals surface area contributed by atoms with Crippen LogP contribution in [0.3, 0.4) is 0 Å². The summed E-state index contributed by atoms with van der Waals surface area (Å²) in [6.07, 6.45) is 0. The van der Waals surface area contributed by atoms with Crippen LogP contribution in [0.15, 0.2) is 28.5 Å². The third-order valence-electron chi connectivity index (χ3n) is 2.83. The Morgan fingerprint density at radius 3 is 2.70 bits per heavy atom. The minimum Gasteiger partial charge on any atom is -0.365 e. The molecule has 0 bridgehead atoms. The molecule has 1 aromatic heterocycles. The second-order valence-electron chi connectivity index (χ2n) is 4.68. The zero-order valence-corrected chi connectivity index (χ0v) is 13.3. The van der Waals surface area contributed by atoms with Crippen molar-refractivity contribution in [3.63, 3.8) is 0 Å². The van der Waals surface area contributed by atoms with Gasteiger partial charge in [0.1, 0.15) is 10.0 Å². The van der Waals surface area contributed by atoms with Crippen LogP contribution in [0.4, 0.5) is 9.52 Å². The second kappa shape index (κ2) is 6.45. The highest BCUT2D eigenvalue weighted by atomic mass is 32.2. The Morgan fingerprint density at radius 2 is 2.10 bits per heavy atom. The number of aromatic nitrogens is 1. The summed E-state index contributed by atoms with van der Waals surface area (Å²) in [4.78, 5) is 4.43.